The number of anilines is 2. The molecule has 4 N–H and O–H groups in total. The maximum absolute atomic E-state index is 5.62. The Balaban J connectivity index is 2.28. The van der Waals surface area contributed by atoms with Crippen LogP contribution in [0.15, 0.2) is 23.3 Å². The molecule has 0 aromatic carbocycles. The third kappa shape index (κ3) is 1.84. The lowest BCUT2D eigenvalue weighted by molar-refractivity contribution is 0.618. The maximum Gasteiger partial charge on any atom is 0.152 e. The van der Waals surface area contributed by atoms with Crippen LogP contribution in [0.4, 0.5) is 11.6 Å². The Hall–Kier alpha value is -1.82. The Kier molecular flexibility index (Phi) is 2.42. The number of hydrogen-bond donors (Lipinski definition) is 3. The summed E-state index contributed by atoms with van der Waals surface area (Å²) in [7, 11) is 0. The number of pyridine rings is 1. The zero-order valence-electron chi connectivity index (χ0n) is 8.73. The molecule has 0 spiro atoms. The smallest absolute Gasteiger partial charge is 0.152 e. The molecule has 0 fully saturated rings. The lowest BCUT2D eigenvalue weighted by Gasteiger charge is -2.19. The predicted octanol–water partition coefficient (Wildman–Crippen LogP) is 0.462. The van der Waals surface area contributed by atoms with Crippen LogP contribution in [0.5, 0.6) is 0 Å². The molecule has 0 atom stereocenters. The van der Waals surface area contributed by atoms with Crippen molar-refractivity contribution < 1.29 is 0 Å². The fourth-order valence-corrected chi connectivity index (χ4v) is 1.37. The van der Waals surface area contributed by atoms with Crippen LogP contribution in [0.3, 0.4) is 0 Å². The van der Waals surface area contributed by atoms with Gasteiger partial charge < -0.3 is 5.73 Å². The first-order chi connectivity index (χ1) is 7.18. The lowest BCUT2D eigenvalue weighted by atomic mass is 10.2. The van der Waals surface area contributed by atoms with Gasteiger partial charge >= 0.3 is 0 Å². The molecule has 0 bridgehead atoms. The van der Waals surface area contributed by atoms with Gasteiger partial charge in [0.1, 0.15) is 5.82 Å². The van der Waals surface area contributed by atoms with E-state index in [-0.39, 0.29) is 0 Å². The predicted molar refractivity (Wildman–Crippen MR) is 59.7 cm³/mol. The highest BCUT2D eigenvalue weighted by atomic mass is 15.8. The molecular formula is C9H14N6. The Morgan fingerprint density at radius 1 is 1.40 bits per heavy atom. The number of aromatic nitrogens is 1. The van der Waals surface area contributed by atoms with E-state index in [1.54, 1.807) is 11.1 Å². The zero-order valence-corrected chi connectivity index (χ0v) is 8.73. The first-order valence-electron chi connectivity index (χ1n) is 4.79. The third-order valence-electron chi connectivity index (χ3n) is 2.06. The number of hydrazine groups is 2. The molecule has 0 unspecified atom stereocenters. The van der Waals surface area contributed by atoms with Crippen molar-refractivity contribution in [3.05, 3.63) is 18.2 Å². The van der Waals surface area contributed by atoms with Gasteiger partial charge in [-0.1, -0.05) is 19.9 Å². The van der Waals surface area contributed by atoms with E-state index in [9.17, 15) is 0 Å². The molecule has 1 aliphatic heterocycles. The number of hydrazone groups is 1. The summed E-state index contributed by atoms with van der Waals surface area (Å²) in [5.41, 5.74) is 11.2. The summed E-state index contributed by atoms with van der Waals surface area (Å²) in [6.07, 6.45) is 0. The quantitative estimate of drug-likeness (QED) is 0.655. The molecule has 80 valence electrons. The highest BCUT2D eigenvalue weighted by Gasteiger charge is 2.22. The zero-order chi connectivity index (χ0) is 10.8. The second-order valence-corrected chi connectivity index (χ2v) is 3.60. The van der Waals surface area contributed by atoms with Gasteiger partial charge in [0.15, 0.2) is 11.7 Å². The van der Waals surface area contributed by atoms with Crippen LogP contribution >= 0.6 is 0 Å². The number of nitrogens with two attached hydrogens (primary N) is 1. The molecule has 1 aromatic heterocycles. The van der Waals surface area contributed by atoms with Crippen LogP contribution in [-0.2, 0) is 0 Å². The molecule has 1 aromatic rings. The third-order valence-corrected chi connectivity index (χ3v) is 2.06. The molecule has 6 heteroatoms. The van der Waals surface area contributed by atoms with Crippen LogP contribution in [0.25, 0.3) is 0 Å². The van der Waals surface area contributed by atoms with Gasteiger partial charge in [0.2, 0.25) is 0 Å². The Bertz CT molecular complexity index is 386. The molecule has 0 saturated heterocycles. The summed E-state index contributed by atoms with van der Waals surface area (Å²) in [5, 5.41) is 5.90. The van der Waals surface area contributed by atoms with Crippen molar-refractivity contribution in [2.75, 3.05) is 10.7 Å². The number of nitrogens with one attached hydrogen (secondary N) is 2. The minimum atomic E-state index is 0.302. The molecule has 6 nitrogen and oxygen atoms in total. The fourth-order valence-electron chi connectivity index (χ4n) is 1.37. The van der Waals surface area contributed by atoms with E-state index >= 15 is 0 Å². The molecule has 2 rings (SSSR count). The average Bonchev–Trinajstić information content (AvgIpc) is 2.65. The monoisotopic (exact) mass is 206 g/mol. The van der Waals surface area contributed by atoms with Crippen LogP contribution in [0.1, 0.15) is 13.8 Å². The second kappa shape index (κ2) is 3.74. The van der Waals surface area contributed by atoms with Gasteiger partial charge in [0, 0.05) is 5.92 Å². The summed E-state index contributed by atoms with van der Waals surface area (Å²) >= 11 is 0. The summed E-state index contributed by atoms with van der Waals surface area (Å²) in [6, 6.07) is 5.48. The molecule has 0 amide bonds. The van der Waals surface area contributed by atoms with E-state index in [0.717, 1.165) is 11.7 Å². The van der Waals surface area contributed by atoms with Crippen LogP contribution in [0, 0.1) is 5.92 Å². The summed E-state index contributed by atoms with van der Waals surface area (Å²) in [4.78, 5) is 4.21. The highest BCUT2D eigenvalue weighted by Crippen LogP contribution is 2.15. The van der Waals surface area contributed by atoms with Crippen LogP contribution in [0.2, 0.25) is 0 Å². The standard InChI is InChI=1S/C9H14N6/c1-6(2)9-12-13-14-15(9)8-5-3-4-7(10)11-8/h3-6,13-14H,1-2H3,(H2,10,11). The molecule has 0 saturated carbocycles. The normalized spacial score (nSPS) is 15.4. The summed E-state index contributed by atoms with van der Waals surface area (Å²) in [5.74, 6) is 2.40. The largest absolute Gasteiger partial charge is 0.384 e. The van der Waals surface area contributed by atoms with Gasteiger partial charge in [0.25, 0.3) is 0 Å². The van der Waals surface area contributed by atoms with Crippen LogP contribution < -0.4 is 21.8 Å². The highest BCUT2D eigenvalue weighted by molar-refractivity contribution is 5.98. The van der Waals surface area contributed by atoms with Crippen molar-refractivity contribution in [3.63, 3.8) is 0 Å². The summed E-state index contributed by atoms with van der Waals surface area (Å²) < 4.78 is 0. The van der Waals surface area contributed by atoms with Crippen molar-refractivity contribution in [1.82, 2.24) is 16.1 Å². The number of nitrogens with zero attached hydrogens (tertiary/aromatic N) is 3. The topological polar surface area (TPSA) is 78.6 Å². The van der Waals surface area contributed by atoms with Crippen molar-refractivity contribution in [3.8, 4) is 0 Å². The minimum Gasteiger partial charge on any atom is -0.384 e. The fraction of sp³-hybridized carbons (Fsp3) is 0.333. The average molecular weight is 206 g/mol. The molecule has 0 aliphatic carbocycles. The number of amidine groups is 1. The number of hydrogen-bond acceptors (Lipinski definition) is 6. The number of rotatable bonds is 2. The van der Waals surface area contributed by atoms with Gasteiger partial charge in [-0.2, -0.15) is 0 Å². The van der Waals surface area contributed by atoms with E-state index in [1.165, 1.54) is 0 Å². The van der Waals surface area contributed by atoms with Crippen molar-refractivity contribution in [1.29, 1.82) is 0 Å². The lowest BCUT2D eigenvalue weighted by Crippen LogP contribution is -2.43. The second-order valence-electron chi connectivity index (χ2n) is 3.60. The maximum atomic E-state index is 5.62. The van der Waals surface area contributed by atoms with E-state index in [0.29, 0.717) is 11.7 Å². The van der Waals surface area contributed by atoms with Gasteiger partial charge in [-0.3, -0.25) is 0 Å². The minimum absolute atomic E-state index is 0.302. The molecule has 1 aliphatic rings. The van der Waals surface area contributed by atoms with Gasteiger partial charge in [-0.15, -0.1) is 10.6 Å². The van der Waals surface area contributed by atoms with Gasteiger partial charge in [-0.05, 0) is 12.1 Å². The summed E-state index contributed by atoms with van der Waals surface area (Å²) in [6.45, 7) is 4.12. The Morgan fingerprint density at radius 2 is 2.20 bits per heavy atom. The van der Waals surface area contributed by atoms with Crippen molar-refractivity contribution in [2.45, 2.75) is 13.8 Å². The first-order valence-corrected chi connectivity index (χ1v) is 4.79. The van der Waals surface area contributed by atoms with Gasteiger partial charge in [0.05, 0.1) is 0 Å². The SMILES string of the molecule is CC(C)C1=NNNN1c1cccc(N)n1. The van der Waals surface area contributed by atoms with Crippen molar-refractivity contribution in [2.24, 2.45) is 11.0 Å². The first kappa shape index (κ1) is 9.72. The van der Waals surface area contributed by atoms with Crippen LogP contribution in [-0.4, -0.2) is 10.8 Å². The van der Waals surface area contributed by atoms with Crippen molar-refractivity contribution >= 4 is 17.5 Å². The van der Waals surface area contributed by atoms with E-state index in [4.69, 9.17) is 5.73 Å². The molecule has 2 heterocycles. The Labute approximate surface area is 88.1 Å². The number of nitrogen functional groups attached to an aromatic ring is 1. The Morgan fingerprint density at radius 3 is 2.87 bits per heavy atom. The molecular weight excluding hydrogens is 192 g/mol. The molecule has 0 radical (unpaired) electrons. The van der Waals surface area contributed by atoms with E-state index < -0.39 is 0 Å². The van der Waals surface area contributed by atoms with E-state index in [1.807, 2.05) is 12.1 Å². The van der Waals surface area contributed by atoms with E-state index in [2.05, 4.69) is 35.0 Å². The molecule has 15 heavy (non-hydrogen) atoms. The van der Waals surface area contributed by atoms with Gasteiger partial charge in [-0.25, -0.2) is 15.5 Å².